The maximum atomic E-state index is 13.1. The Bertz CT molecular complexity index is 1080. The van der Waals surface area contributed by atoms with Crippen LogP contribution < -0.4 is 10.9 Å². The number of carbonyl (C=O) groups excluding carboxylic acids is 1. The third-order valence-electron chi connectivity index (χ3n) is 4.81. The number of carbonyl (C=O) groups is 1. The fraction of sp³-hybridized carbons (Fsp3) is 0.500. The number of unbranched alkanes of at least 4 members (excludes halogenated alkanes) is 1. The molecule has 1 amide bonds. The zero-order valence-electron chi connectivity index (χ0n) is 17.4. The van der Waals surface area contributed by atoms with Crippen LogP contribution in [-0.4, -0.2) is 25.9 Å². The van der Waals surface area contributed by atoms with Crippen LogP contribution in [0.2, 0.25) is 0 Å². The number of hydrogen-bond acceptors (Lipinski definition) is 7. The molecule has 1 unspecified atom stereocenters. The molecular weight excluding hydrogens is 408 g/mol. The molecule has 0 fully saturated rings. The molecule has 0 aliphatic heterocycles. The predicted octanol–water partition coefficient (Wildman–Crippen LogP) is 4.68. The van der Waals surface area contributed by atoms with Crippen molar-refractivity contribution in [1.29, 1.82) is 0 Å². The summed E-state index contributed by atoms with van der Waals surface area (Å²) in [6.45, 7) is 10.2. The molecule has 29 heavy (non-hydrogen) atoms. The lowest BCUT2D eigenvalue weighted by Crippen LogP contribution is -2.28. The van der Waals surface area contributed by atoms with Gasteiger partial charge in [0.25, 0.3) is 5.56 Å². The van der Waals surface area contributed by atoms with E-state index < -0.39 is 0 Å². The van der Waals surface area contributed by atoms with E-state index in [1.54, 1.807) is 17.6 Å². The lowest BCUT2D eigenvalue weighted by atomic mass is 10.2. The van der Waals surface area contributed by atoms with Gasteiger partial charge in [-0.2, -0.15) is 0 Å². The molecule has 3 rings (SSSR count). The number of thioether (sulfide) groups is 1. The fourth-order valence-corrected chi connectivity index (χ4v) is 5.34. The summed E-state index contributed by atoms with van der Waals surface area (Å²) >= 11 is 2.87. The Morgan fingerprint density at radius 2 is 2.10 bits per heavy atom. The SMILES string of the molecule is CCCCC(Sc1nc2sc(C)c(C)c2c(=O)n1CC)C(=O)Nc1cc(C)on1. The van der Waals surface area contributed by atoms with Gasteiger partial charge in [0.15, 0.2) is 11.0 Å². The molecule has 9 heteroatoms. The molecule has 3 aromatic heterocycles. The zero-order chi connectivity index (χ0) is 21.1. The summed E-state index contributed by atoms with van der Waals surface area (Å²) in [7, 11) is 0. The van der Waals surface area contributed by atoms with Gasteiger partial charge in [0.05, 0.1) is 10.6 Å². The number of fused-ring (bicyclic) bond motifs is 1. The first kappa shape index (κ1) is 21.6. The number of aromatic nitrogens is 3. The molecule has 156 valence electrons. The van der Waals surface area contributed by atoms with E-state index in [9.17, 15) is 9.59 Å². The summed E-state index contributed by atoms with van der Waals surface area (Å²) in [4.78, 5) is 32.6. The number of rotatable bonds is 8. The van der Waals surface area contributed by atoms with Crippen LogP contribution in [0.1, 0.15) is 49.3 Å². The van der Waals surface area contributed by atoms with Gasteiger partial charge in [-0.05, 0) is 39.7 Å². The van der Waals surface area contributed by atoms with Gasteiger partial charge in [0.1, 0.15) is 10.6 Å². The average Bonchev–Trinajstić information content (AvgIpc) is 3.21. The summed E-state index contributed by atoms with van der Waals surface area (Å²) < 4.78 is 6.70. The lowest BCUT2D eigenvalue weighted by molar-refractivity contribution is -0.115. The molecule has 0 saturated heterocycles. The molecular formula is C20H26N4O3S2. The van der Waals surface area contributed by atoms with Crippen LogP contribution in [0.15, 0.2) is 20.5 Å². The zero-order valence-corrected chi connectivity index (χ0v) is 19.0. The maximum absolute atomic E-state index is 13.1. The Hall–Kier alpha value is -2.13. The second-order valence-electron chi connectivity index (χ2n) is 6.97. The number of thiophene rings is 1. The average molecular weight is 435 g/mol. The number of nitrogens with zero attached hydrogens (tertiary/aromatic N) is 3. The third-order valence-corrected chi connectivity index (χ3v) is 7.17. The van der Waals surface area contributed by atoms with Crippen LogP contribution in [0.25, 0.3) is 10.2 Å². The molecule has 3 heterocycles. The molecule has 0 radical (unpaired) electrons. The first-order valence-electron chi connectivity index (χ1n) is 9.77. The van der Waals surface area contributed by atoms with Crippen molar-refractivity contribution in [3.05, 3.63) is 32.6 Å². The molecule has 0 aliphatic carbocycles. The van der Waals surface area contributed by atoms with E-state index in [4.69, 9.17) is 9.51 Å². The minimum absolute atomic E-state index is 0.0383. The van der Waals surface area contributed by atoms with E-state index in [2.05, 4.69) is 17.4 Å². The summed E-state index contributed by atoms with van der Waals surface area (Å²) in [5.41, 5.74) is 0.951. The highest BCUT2D eigenvalue weighted by Gasteiger charge is 2.24. The van der Waals surface area contributed by atoms with Crippen molar-refractivity contribution >= 4 is 45.0 Å². The molecule has 7 nitrogen and oxygen atoms in total. The van der Waals surface area contributed by atoms with Gasteiger partial charge in [0, 0.05) is 17.5 Å². The summed E-state index contributed by atoms with van der Waals surface area (Å²) in [5, 5.41) is 7.55. The van der Waals surface area contributed by atoms with Crippen LogP contribution in [0, 0.1) is 20.8 Å². The van der Waals surface area contributed by atoms with Crippen LogP contribution in [0.5, 0.6) is 0 Å². The Balaban J connectivity index is 1.95. The van der Waals surface area contributed by atoms with Crippen molar-refractivity contribution in [3.8, 4) is 0 Å². The highest BCUT2D eigenvalue weighted by atomic mass is 32.2. The normalized spacial score (nSPS) is 12.4. The first-order chi connectivity index (χ1) is 13.8. The smallest absolute Gasteiger partial charge is 0.263 e. The largest absolute Gasteiger partial charge is 0.360 e. The maximum Gasteiger partial charge on any atom is 0.263 e. The van der Waals surface area contributed by atoms with E-state index >= 15 is 0 Å². The van der Waals surface area contributed by atoms with Crippen molar-refractivity contribution in [2.45, 2.75) is 70.8 Å². The van der Waals surface area contributed by atoms with E-state index in [1.807, 2.05) is 20.8 Å². The van der Waals surface area contributed by atoms with Crippen LogP contribution in [0.3, 0.4) is 0 Å². The quantitative estimate of drug-likeness (QED) is 0.409. The summed E-state index contributed by atoms with van der Waals surface area (Å²) in [5.74, 6) is 0.871. The van der Waals surface area contributed by atoms with Crippen LogP contribution >= 0.6 is 23.1 Å². The highest BCUT2D eigenvalue weighted by molar-refractivity contribution is 8.00. The van der Waals surface area contributed by atoms with Gasteiger partial charge >= 0.3 is 0 Å². The number of nitrogens with one attached hydrogen (secondary N) is 1. The molecule has 1 N–H and O–H groups in total. The molecule has 3 aromatic rings. The molecule has 0 spiro atoms. The molecule has 0 aromatic carbocycles. The minimum Gasteiger partial charge on any atom is -0.360 e. The van der Waals surface area contributed by atoms with Crippen LogP contribution in [-0.2, 0) is 11.3 Å². The molecule has 1 atom stereocenters. The van der Waals surface area contributed by atoms with E-state index in [-0.39, 0.29) is 16.7 Å². The van der Waals surface area contributed by atoms with Gasteiger partial charge in [-0.1, -0.05) is 36.7 Å². The third kappa shape index (κ3) is 4.56. The van der Waals surface area contributed by atoms with Crippen molar-refractivity contribution < 1.29 is 9.32 Å². The van der Waals surface area contributed by atoms with E-state index in [0.717, 1.165) is 28.1 Å². The first-order valence-corrected chi connectivity index (χ1v) is 11.5. The standard InChI is InChI=1S/C20H26N4O3S2/c1-6-8-9-14(17(25)21-15-10-11(3)27-23-15)29-20-22-18-16(12(4)13(5)28-18)19(26)24(20)7-2/h10,14H,6-9H2,1-5H3,(H,21,23,25). The Morgan fingerprint density at radius 1 is 1.34 bits per heavy atom. The lowest BCUT2D eigenvalue weighted by Gasteiger charge is -2.17. The van der Waals surface area contributed by atoms with E-state index in [1.165, 1.54) is 23.1 Å². The second kappa shape index (κ2) is 9.13. The number of aryl methyl sites for hydroxylation is 3. The van der Waals surface area contributed by atoms with Crippen molar-refractivity contribution in [1.82, 2.24) is 14.7 Å². The fourth-order valence-electron chi connectivity index (χ4n) is 3.07. The molecule has 0 saturated carbocycles. The topological polar surface area (TPSA) is 90.0 Å². The second-order valence-corrected chi connectivity index (χ2v) is 9.34. The van der Waals surface area contributed by atoms with Crippen molar-refractivity contribution in [2.24, 2.45) is 0 Å². The monoisotopic (exact) mass is 434 g/mol. The summed E-state index contributed by atoms with van der Waals surface area (Å²) in [6, 6.07) is 1.68. The Morgan fingerprint density at radius 3 is 2.72 bits per heavy atom. The number of amides is 1. The Labute approximate surface area is 177 Å². The van der Waals surface area contributed by atoms with Gasteiger partial charge in [0.2, 0.25) is 5.91 Å². The highest BCUT2D eigenvalue weighted by Crippen LogP contribution is 2.31. The predicted molar refractivity (Wildman–Crippen MR) is 118 cm³/mol. The molecule has 0 bridgehead atoms. The van der Waals surface area contributed by atoms with Crippen molar-refractivity contribution in [3.63, 3.8) is 0 Å². The minimum atomic E-state index is -0.378. The Kier molecular flexibility index (Phi) is 6.79. The van der Waals surface area contributed by atoms with Gasteiger partial charge in [-0.3, -0.25) is 14.2 Å². The van der Waals surface area contributed by atoms with Gasteiger partial charge in [-0.15, -0.1) is 11.3 Å². The molecule has 0 aliphatic rings. The van der Waals surface area contributed by atoms with Crippen LogP contribution in [0.4, 0.5) is 5.82 Å². The van der Waals surface area contributed by atoms with Gasteiger partial charge in [-0.25, -0.2) is 4.98 Å². The number of hydrogen-bond donors (Lipinski definition) is 1. The summed E-state index contributed by atoms with van der Waals surface area (Å²) in [6.07, 6.45) is 2.56. The van der Waals surface area contributed by atoms with Gasteiger partial charge < -0.3 is 9.84 Å². The van der Waals surface area contributed by atoms with E-state index in [0.29, 0.717) is 35.1 Å². The van der Waals surface area contributed by atoms with Crippen molar-refractivity contribution in [2.75, 3.05) is 5.32 Å². The number of anilines is 1.